The molecule has 1 aromatic rings. The van der Waals surface area contributed by atoms with E-state index in [1.165, 1.54) is 31.7 Å². The first kappa shape index (κ1) is 23.4. The third kappa shape index (κ3) is 7.48. The molecule has 3 unspecified atom stereocenters. The Kier molecular flexibility index (Phi) is 9.22. The van der Waals surface area contributed by atoms with E-state index < -0.39 is 5.97 Å². The average molecular weight is 382 g/mol. The molecule has 1 saturated carbocycles. The Bertz CT molecular complexity index is 584. The van der Waals surface area contributed by atoms with E-state index in [0.717, 1.165) is 12.8 Å². The summed E-state index contributed by atoms with van der Waals surface area (Å²) < 4.78 is 10.3. The van der Waals surface area contributed by atoms with Crippen LogP contribution in [0, 0.1) is 17.8 Å². The van der Waals surface area contributed by atoms with Crippen molar-refractivity contribution in [1.82, 2.24) is 0 Å². The molecule has 154 valence electrons. The van der Waals surface area contributed by atoms with E-state index in [2.05, 4.69) is 20.8 Å². The number of aldehydes is 1. The molecule has 0 heterocycles. The molecular weight excluding hydrogens is 348 g/mol. The third-order valence-electron chi connectivity index (χ3n) is 5.10. The van der Waals surface area contributed by atoms with Crippen LogP contribution >= 0.6 is 0 Å². The first-order chi connectivity index (χ1) is 12.6. The van der Waals surface area contributed by atoms with Gasteiger partial charge in [0.25, 0.3) is 5.97 Å². The molecule has 0 aromatic heterocycles. The van der Waals surface area contributed by atoms with Crippen LogP contribution in [0.5, 0.6) is 11.5 Å². The number of aliphatic hydroxyl groups is 2. The van der Waals surface area contributed by atoms with E-state index in [-0.39, 0.29) is 18.3 Å². The van der Waals surface area contributed by atoms with Crippen LogP contribution in [0.15, 0.2) is 18.2 Å². The van der Waals surface area contributed by atoms with Crippen molar-refractivity contribution < 1.29 is 29.6 Å². The zero-order valence-electron chi connectivity index (χ0n) is 17.0. The number of methoxy groups -OCH3 is 1. The molecular formula is C21H34O6. The van der Waals surface area contributed by atoms with Gasteiger partial charge < -0.3 is 24.8 Å². The quantitative estimate of drug-likeness (QED) is 0.512. The monoisotopic (exact) mass is 382 g/mol. The lowest BCUT2D eigenvalue weighted by atomic mass is 9.75. The second-order valence-electron chi connectivity index (χ2n) is 7.63. The molecule has 2 rings (SSSR count). The maximum atomic E-state index is 10.2. The topological polar surface area (TPSA) is 96.2 Å². The average Bonchev–Trinajstić information content (AvgIpc) is 2.62. The van der Waals surface area contributed by atoms with Gasteiger partial charge in [0, 0.05) is 12.0 Å². The summed E-state index contributed by atoms with van der Waals surface area (Å²) in [5.74, 6) is 0.00133. The van der Waals surface area contributed by atoms with Gasteiger partial charge >= 0.3 is 0 Å². The van der Waals surface area contributed by atoms with Crippen LogP contribution < -0.4 is 4.74 Å². The van der Waals surface area contributed by atoms with Gasteiger partial charge in [-0.05, 0) is 48.8 Å². The van der Waals surface area contributed by atoms with Crippen LogP contribution in [0.2, 0.25) is 0 Å². The van der Waals surface area contributed by atoms with Crippen LogP contribution in [-0.2, 0) is 4.74 Å². The van der Waals surface area contributed by atoms with Gasteiger partial charge in [0.05, 0.1) is 13.2 Å². The van der Waals surface area contributed by atoms with Crippen LogP contribution in [0.25, 0.3) is 0 Å². The summed E-state index contributed by atoms with van der Waals surface area (Å²) in [6.07, 6.45) is 4.18. The normalized spacial score (nSPS) is 22.7. The van der Waals surface area contributed by atoms with Crippen LogP contribution in [0.3, 0.4) is 0 Å². The highest BCUT2D eigenvalue weighted by atomic mass is 16.8. The van der Waals surface area contributed by atoms with Crippen molar-refractivity contribution in [3.05, 3.63) is 23.8 Å². The summed E-state index contributed by atoms with van der Waals surface area (Å²) in [5.41, 5.74) is 0.486. The lowest BCUT2D eigenvalue weighted by molar-refractivity contribution is -0.364. The Morgan fingerprint density at radius 1 is 1.30 bits per heavy atom. The Balaban J connectivity index is 0.000000289. The maximum Gasteiger partial charge on any atom is 0.277 e. The van der Waals surface area contributed by atoms with E-state index >= 15 is 0 Å². The van der Waals surface area contributed by atoms with Crippen LogP contribution in [0.4, 0.5) is 0 Å². The highest BCUT2D eigenvalue weighted by molar-refractivity contribution is 5.76. The first-order valence-electron chi connectivity index (χ1n) is 9.58. The Morgan fingerprint density at radius 3 is 2.48 bits per heavy atom. The number of ether oxygens (including phenoxy) is 2. The molecule has 0 amide bonds. The lowest BCUT2D eigenvalue weighted by Crippen LogP contribution is -2.43. The van der Waals surface area contributed by atoms with Crippen LogP contribution in [0.1, 0.15) is 63.7 Å². The molecule has 0 radical (unpaired) electrons. The largest absolute Gasteiger partial charge is 0.504 e. The predicted octanol–water partition coefficient (Wildman–Crippen LogP) is 3.73. The van der Waals surface area contributed by atoms with E-state index in [1.807, 2.05) is 0 Å². The van der Waals surface area contributed by atoms with Gasteiger partial charge in [-0.15, -0.1) is 0 Å². The van der Waals surface area contributed by atoms with E-state index in [4.69, 9.17) is 14.6 Å². The number of hydrogen-bond donors (Lipinski definition) is 3. The SMILES string of the molecule is CCC(O)(O)OC1CC(C)CCC1C(C)C.COc1cc(C=O)ccc1O. The molecule has 0 bridgehead atoms. The Labute approximate surface area is 162 Å². The van der Waals surface area contributed by atoms with E-state index in [9.17, 15) is 15.0 Å². The molecule has 6 nitrogen and oxygen atoms in total. The van der Waals surface area contributed by atoms with Gasteiger partial charge in [-0.2, -0.15) is 0 Å². The third-order valence-corrected chi connectivity index (χ3v) is 5.10. The van der Waals surface area contributed by atoms with Gasteiger partial charge in [-0.25, -0.2) is 0 Å². The standard InChI is InChI=1S/C13H26O3.C8H8O3/c1-5-13(14,15)16-12-8-10(4)6-7-11(12)9(2)3;1-11-8-4-6(5-9)2-3-7(8)10/h9-12,14-15H,5-8H2,1-4H3;2-5,10H,1H3. The molecule has 27 heavy (non-hydrogen) atoms. The molecule has 0 saturated heterocycles. The summed E-state index contributed by atoms with van der Waals surface area (Å²) in [5, 5.41) is 28.3. The predicted molar refractivity (Wildman–Crippen MR) is 104 cm³/mol. The highest BCUT2D eigenvalue weighted by Gasteiger charge is 2.36. The fourth-order valence-corrected chi connectivity index (χ4v) is 3.34. The van der Waals surface area contributed by atoms with Crippen molar-refractivity contribution in [2.24, 2.45) is 17.8 Å². The molecule has 0 spiro atoms. The van der Waals surface area contributed by atoms with Crippen molar-refractivity contribution >= 4 is 6.29 Å². The zero-order valence-corrected chi connectivity index (χ0v) is 17.0. The lowest BCUT2D eigenvalue weighted by Gasteiger charge is -2.39. The minimum absolute atomic E-state index is 0.0151. The number of carbonyl (C=O) groups is 1. The minimum Gasteiger partial charge on any atom is -0.504 e. The minimum atomic E-state index is -1.95. The number of hydrogen-bond acceptors (Lipinski definition) is 6. The van der Waals surface area contributed by atoms with Crippen molar-refractivity contribution in [3.63, 3.8) is 0 Å². The molecule has 1 aliphatic rings. The number of phenolic OH excluding ortho intramolecular Hbond substituents is 1. The van der Waals surface area contributed by atoms with Crippen molar-refractivity contribution in [1.29, 1.82) is 0 Å². The molecule has 0 aliphatic heterocycles. The number of rotatable bonds is 6. The van der Waals surface area contributed by atoms with Crippen molar-refractivity contribution in [2.75, 3.05) is 7.11 Å². The number of carbonyl (C=O) groups excluding carboxylic acids is 1. The number of benzene rings is 1. The Morgan fingerprint density at radius 2 is 1.96 bits per heavy atom. The van der Waals surface area contributed by atoms with Crippen molar-refractivity contribution in [2.45, 2.75) is 65.5 Å². The van der Waals surface area contributed by atoms with Crippen molar-refractivity contribution in [3.8, 4) is 11.5 Å². The highest BCUT2D eigenvalue weighted by Crippen LogP contribution is 2.36. The zero-order chi connectivity index (χ0) is 20.6. The smallest absolute Gasteiger partial charge is 0.277 e. The molecule has 1 aliphatic carbocycles. The van der Waals surface area contributed by atoms with E-state index in [1.54, 1.807) is 6.92 Å². The second kappa shape index (κ2) is 10.6. The maximum absolute atomic E-state index is 10.2. The molecule has 6 heteroatoms. The second-order valence-corrected chi connectivity index (χ2v) is 7.63. The summed E-state index contributed by atoms with van der Waals surface area (Å²) in [4.78, 5) is 10.2. The van der Waals surface area contributed by atoms with Gasteiger partial charge in [-0.3, -0.25) is 4.79 Å². The van der Waals surface area contributed by atoms with Gasteiger partial charge in [0.15, 0.2) is 11.5 Å². The fourth-order valence-electron chi connectivity index (χ4n) is 3.34. The van der Waals surface area contributed by atoms with Gasteiger partial charge in [-0.1, -0.05) is 34.1 Å². The molecule has 3 N–H and O–H groups in total. The summed E-state index contributed by atoms with van der Waals surface area (Å²) in [7, 11) is 1.43. The van der Waals surface area contributed by atoms with Gasteiger partial charge in [0.2, 0.25) is 0 Å². The summed E-state index contributed by atoms with van der Waals surface area (Å²) >= 11 is 0. The molecule has 1 aromatic carbocycles. The van der Waals surface area contributed by atoms with E-state index in [0.29, 0.717) is 35.4 Å². The molecule has 3 atom stereocenters. The fraction of sp³-hybridized carbons (Fsp3) is 0.667. The Hall–Kier alpha value is -1.63. The van der Waals surface area contributed by atoms with Gasteiger partial charge in [0.1, 0.15) is 6.29 Å². The number of aromatic hydroxyl groups is 1. The summed E-state index contributed by atoms with van der Waals surface area (Å²) in [6, 6.07) is 4.41. The molecule has 1 fully saturated rings. The first-order valence-corrected chi connectivity index (χ1v) is 9.58. The summed E-state index contributed by atoms with van der Waals surface area (Å²) in [6.45, 7) is 8.28. The number of phenols is 1. The van der Waals surface area contributed by atoms with Crippen LogP contribution in [-0.4, -0.2) is 40.8 Å².